The van der Waals surface area contributed by atoms with Gasteiger partial charge >= 0.3 is 0 Å². The number of nitrogens with zero attached hydrogens (tertiary/aromatic N) is 3. The van der Waals surface area contributed by atoms with Crippen LogP contribution in [0.2, 0.25) is 0 Å². The molecule has 5 nitrogen and oxygen atoms in total. The van der Waals surface area contributed by atoms with E-state index in [2.05, 4.69) is 15.3 Å². The molecule has 2 aromatic heterocycles. The van der Waals surface area contributed by atoms with Gasteiger partial charge in [0.2, 0.25) is 0 Å². The third-order valence-electron chi connectivity index (χ3n) is 3.82. The van der Waals surface area contributed by atoms with Gasteiger partial charge in [0.1, 0.15) is 5.82 Å². The molecule has 2 N–H and O–H groups in total. The molecule has 0 saturated carbocycles. The summed E-state index contributed by atoms with van der Waals surface area (Å²) >= 11 is 0. The summed E-state index contributed by atoms with van der Waals surface area (Å²) in [7, 11) is 1.98. The molecule has 2 rings (SSSR count). The van der Waals surface area contributed by atoms with Gasteiger partial charge in [-0.15, -0.1) is 0 Å². The lowest BCUT2D eigenvalue weighted by Crippen LogP contribution is -2.39. The van der Waals surface area contributed by atoms with Crippen LogP contribution in [0.5, 0.6) is 0 Å². The van der Waals surface area contributed by atoms with Crippen LogP contribution in [0.1, 0.15) is 31.3 Å². The molecular formula is C16H24N4O. The second-order valence-electron chi connectivity index (χ2n) is 6.04. The Balaban J connectivity index is 2.05. The minimum Gasteiger partial charge on any atom is -0.396 e. The van der Waals surface area contributed by atoms with Crippen LogP contribution in [-0.2, 0) is 13.5 Å². The van der Waals surface area contributed by atoms with Crippen LogP contribution in [0, 0.1) is 5.41 Å². The number of aromatic nitrogens is 3. The molecule has 0 aliphatic carbocycles. The van der Waals surface area contributed by atoms with Gasteiger partial charge in [-0.1, -0.05) is 13.8 Å². The van der Waals surface area contributed by atoms with Crippen LogP contribution in [0.4, 0.5) is 0 Å². The van der Waals surface area contributed by atoms with E-state index in [1.807, 2.05) is 56.2 Å². The van der Waals surface area contributed by atoms with Gasteiger partial charge < -0.3 is 15.0 Å². The Morgan fingerprint density at radius 1 is 1.29 bits per heavy atom. The van der Waals surface area contributed by atoms with Gasteiger partial charge in [0.05, 0.1) is 12.6 Å². The van der Waals surface area contributed by atoms with Crippen LogP contribution in [0.15, 0.2) is 36.9 Å². The molecule has 0 aliphatic heterocycles. The Morgan fingerprint density at radius 3 is 2.57 bits per heavy atom. The van der Waals surface area contributed by atoms with Gasteiger partial charge in [-0.3, -0.25) is 4.98 Å². The first-order chi connectivity index (χ1) is 10.0. The lowest BCUT2D eigenvalue weighted by Gasteiger charge is -2.33. The summed E-state index contributed by atoms with van der Waals surface area (Å²) in [6.45, 7) is 5.02. The van der Waals surface area contributed by atoms with Crippen molar-refractivity contribution in [3.8, 4) is 0 Å². The van der Waals surface area contributed by atoms with Crippen LogP contribution < -0.4 is 5.32 Å². The van der Waals surface area contributed by atoms with E-state index in [1.54, 1.807) is 6.20 Å². The summed E-state index contributed by atoms with van der Waals surface area (Å²) in [5, 5.41) is 13.2. The molecule has 0 spiro atoms. The van der Waals surface area contributed by atoms with Crippen molar-refractivity contribution in [2.75, 3.05) is 13.2 Å². The second-order valence-corrected chi connectivity index (χ2v) is 6.04. The summed E-state index contributed by atoms with van der Waals surface area (Å²) in [5.41, 5.74) is 0.968. The van der Waals surface area contributed by atoms with Crippen molar-refractivity contribution < 1.29 is 5.11 Å². The molecule has 0 aromatic carbocycles. The maximum Gasteiger partial charge on any atom is 0.126 e. The number of nitrogens with one attached hydrogen (secondary N) is 1. The van der Waals surface area contributed by atoms with E-state index in [-0.39, 0.29) is 18.1 Å². The fraction of sp³-hybridized carbons (Fsp3) is 0.500. The molecule has 0 bridgehead atoms. The third-order valence-corrected chi connectivity index (χ3v) is 3.82. The first kappa shape index (κ1) is 15.7. The molecule has 0 aliphatic rings. The molecule has 21 heavy (non-hydrogen) atoms. The number of aliphatic hydroxyl groups excluding tert-OH is 1. The molecule has 0 radical (unpaired) electrons. The minimum atomic E-state index is -0.280. The Hall–Kier alpha value is -1.72. The highest BCUT2D eigenvalue weighted by Gasteiger charge is 2.32. The molecule has 1 unspecified atom stereocenters. The number of pyridine rings is 1. The van der Waals surface area contributed by atoms with Crippen LogP contribution in [0.3, 0.4) is 0 Å². The molecule has 0 fully saturated rings. The Labute approximate surface area is 126 Å². The SMILES string of the molecule is Cn1ccnc1C(NCCc1ccncc1)C(C)(C)CO. The molecule has 5 heteroatoms. The van der Waals surface area contributed by atoms with Crippen molar-refractivity contribution in [1.29, 1.82) is 0 Å². The fourth-order valence-corrected chi connectivity index (χ4v) is 2.37. The van der Waals surface area contributed by atoms with Crippen LogP contribution in [-0.4, -0.2) is 32.8 Å². The minimum absolute atomic E-state index is 0.00402. The van der Waals surface area contributed by atoms with Crippen molar-refractivity contribution in [3.63, 3.8) is 0 Å². The number of imidazole rings is 1. The summed E-state index contributed by atoms with van der Waals surface area (Å²) in [4.78, 5) is 8.46. The zero-order valence-electron chi connectivity index (χ0n) is 13.0. The van der Waals surface area contributed by atoms with Gasteiger partial charge in [-0.05, 0) is 30.7 Å². The molecule has 114 valence electrons. The topological polar surface area (TPSA) is 63.0 Å². The zero-order chi connectivity index (χ0) is 15.3. The highest BCUT2D eigenvalue weighted by molar-refractivity contribution is 5.10. The number of rotatable bonds is 7. The molecular weight excluding hydrogens is 264 g/mol. The Morgan fingerprint density at radius 2 is 2.00 bits per heavy atom. The van der Waals surface area contributed by atoms with Gasteiger partial charge in [0.15, 0.2) is 0 Å². The number of aryl methyl sites for hydroxylation is 1. The van der Waals surface area contributed by atoms with E-state index >= 15 is 0 Å². The van der Waals surface area contributed by atoms with Crippen molar-refractivity contribution >= 4 is 0 Å². The van der Waals surface area contributed by atoms with Gasteiger partial charge in [-0.2, -0.15) is 0 Å². The second kappa shape index (κ2) is 6.83. The fourth-order valence-electron chi connectivity index (χ4n) is 2.37. The average Bonchev–Trinajstić information content (AvgIpc) is 2.90. The standard InChI is InChI=1S/C16H24N4O/c1-16(2,12-21)14(15-19-10-11-20(15)3)18-9-6-13-4-7-17-8-5-13/h4-5,7-8,10-11,14,18,21H,6,9,12H2,1-3H3. The zero-order valence-corrected chi connectivity index (χ0v) is 13.0. The molecule has 0 amide bonds. The highest BCUT2D eigenvalue weighted by atomic mass is 16.3. The summed E-state index contributed by atoms with van der Waals surface area (Å²) in [6, 6.07) is 4.05. The van der Waals surface area contributed by atoms with E-state index in [0.717, 1.165) is 18.8 Å². The van der Waals surface area contributed by atoms with Gasteiger partial charge in [-0.25, -0.2) is 4.98 Å². The maximum atomic E-state index is 9.69. The van der Waals surface area contributed by atoms with E-state index < -0.39 is 0 Å². The molecule has 2 heterocycles. The lowest BCUT2D eigenvalue weighted by molar-refractivity contribution is 0.111. The smallest absolute Gasteiger partial charge is 0.126 e. The summed E-state index contributed by atoms with van der Waals surface area (Å²) < 4.78 is 2.00. The number of hydrogen-bond acceptors (Lipinski definition) is 4. The predicted molar refractivity (Wildman–Crippen MR) is 82.8 cm³/mol. The van der Waals surface area contributed by atoms with E-state index in [0.29, 0.717) is 0 Å². The van der Waals surface area contributed by atoms with Crippen molar-refractivity contribution in [2.24, 2.45) is 12.5 Å². The third kappa shape index (κ3) is 3.89. The molecule has 1 atom stereocenters. The monoisotopic (exact) mass is 288 g/mol. The van der Waals surface area contributed by atoms with Crippen LogP contribution >= 0.6 is 0 Å². The van der Waals surface area contributed by atoms with Crippen molar-refractivity contribution in [1.82, 2.24) is 19.9 Å². The largest absolute Gasteiger partial charge is 0.396 e. The molecule has 0 saturated heterocycles. The van der Waals surface area contributed by atoms with Crippen LogP contribution in [0.25, 0.3) is 0 Å². The predicted octanol–water partition coefficient (Wildman–Crippen LogP) is 1.71. The molecule has 2 aromatic rings. The highest BCUT2D eigenvalue weighted by Crippen LogP contribution is 2.31. The van der Waals surface area contributed by atoms with Gasteiger partial charge in [0, 0.05) is 37.3 Å². The van der Waals surface area contributed by atoms with E-state index in [9.17, 15) is 5.11 Å². The van der Waals surface area contributed by atoms with E-state index in [1.165, 1.54) is 5.56 Å². The van der Waals surface area contributed by atoms with E-state index in [4.69, 9.17) is 0 Å². The lowest BCUT2D eigenvalue weighted by atomic mass is 9.84. The Kier molecular flexibility index (Phi) is 5.09. The Bertz CT molecular complexity index is 550. The summed E-state index contributed by atoms with van der Waals surface area (Å²) in [6.07, 6.45) is 8.26. The summed E-state index contributed by atoms with van der Waals surface area (Å²) in [5.74, 6) is 0.948. The number of hydrogen-bond donors (Lipinski definition) is 2. The van der Waals surface area contributed by atoms with Gasteiger partial charge in [0.25, 0.3) is 0 Å². The van der Waals surface area contributed by atoms with Crippen molar-refractivity contribution in [2.45, 2.75) is 26.3 Å². The maximum absolute atomic E-state index is 9.69. The normalized spacial score (nSPS) is 13.3. The first-order valence-corrected chi connectivity index (χ1v) is 7.25. The first-order valence-electron chi connectivity index (χ1n) is 7.25. The quantitative estimate of drug-likeness (QED) is 0.814. The average molecular weight is 288 g/mol. The number of aliphatic hydroxyl groups is 1. The van der Waals surface area contributed by atoms with Crippen molar-refractivity contribution in [3.05, 3.63) is 48.3 Å².